The molecule has 1 aliphatic carbocycles. The maximum atomic E-state index is 5.65. The monoisotopic (exact) mass is 450 g/mol. The lowest BCUT2D eigenvalue weighted by atomic mass is 9.58. The van der Waals surface area contributed by atoms with E-state index in [0.717, 1.165) is 44.6 Å². The zero-order valence-corrected chi connectivity index (χ0v) is 20.3. The quantitative estimate of drug-likeness (QED) is 0.399. The minimum absolute atomic E-state index is 0.152. The molecule has 2 atom stereocenters. The fraction of sp³-hybridized carbons (Fsp3) is 0.355. The largest absolute Gasteiger partial charge is 0.497 e. The maximum Gasteiger partial charge on any atom is 0.119 e. The molecule has 0 amide bonds. The number of ether oxygens (including phenoxy) is 1. The van der Waals surface area contributed by atoms with Gasteiger partial charge in [0.05, 0.1) is 7.11 Å². The van der Waals surface area contributed by atoms with E-state index >= 15 is 0 Å². The van der Waals surface area contributed by atoms with Gasteiger partial charge in [-0.25, -0.2) is 0 Å². The zero-order chi connectivity index (χ0) is 23.1. The van der Waals surface area contributed by atoms with Crippen LogP contribution in [0.2, 0.25) is 0 Å². The predicted molar refractivity (Wildman–Crippen MR) is 140 cm³/mol. The van der Waals surface area contributed by atoms with Crippen molar-refractivity contribution in [3.05, 3.63) is 101 Å². The molecule has 2 aliphatic rings. The fourth-order valence-corrected chi connectivity index (χ4v) is 6.60. The van der Waals surface area contributed by atoms with E-state index in [1.165, 1.54) is 39.7 Å². The van der Waals surface area contributed by atoms with Crippen molar-refractivity contribution < 1.29 is 4.74 Å². The number of aromatic nitrogens is 1. The Morgan fingerprint density at radius 3 is 2.74 bits per heavy atom. The normalized spacial score (nSPS) is 22.4. The molecule has 6 rings (SSSR count). The molecule has 2 unspecified atom stereocenters. The second-order valence-corrected chi connectivity index (χ2v) is 10.3. The van der Waals surface area contributed by atoms with Gasteiger partial charge in [0, 0.05) is 35.1 Å². The lowest BCUT2D eigenvalue weighted by Crippen LogP contribution is -2.54. The van der Waals surface area contributed by atoms with Gasteiger partial charge in [-0.3, -0.25) is 0 Å². The Balaban J connectivity index is 1.36. The number of hydrogen-bond acceptors (Lipinski definition) is 2. The number of nitrogens with one attached hydrogen (secondary N) is 1. The summed E-state index contributed by atoms with van der Waals surface area (Å²) < 4.78 is 5.65. The van der Waals surface area contributed by atoms with E-state index in [1.54, 1.807) is 12.7 Å². The number of fused-ring (bicyclic) bond motifs is 4. The lowest BCUT2D eigenvalue weighted by Gasteiger charge is -2.51. The van der Waals surface area contributed by atoms with Gasteiger partial charge in [0.2, 0.25) is 0 Å². The van der Waals surface area contributed by atoms with Crippen molar-refractivity contribution in [2.45, 2.75) is 38.0 Å². The molecule has 0 saturated carbocycles. The van der Waals surface area contributed by atoms with Crippen molar-refractivity contribution in [2.24, 2.45) is 5.92 Å². The number of likely N-dealkylation sites (tertiary alicyclic amines) is 1. The van der Waals surface area contributed by atoms with Crippen LogP contribution in [0.3, 0.4) is 0 Å². The SMILES string of the molecule is COc1cccc(C23CCN(CCc4ccccc4)CC2Cc2c([nH]c4c(C)cccc24)C3)c1. The molecule has 3 nitrogen and oxygen atoms in total. The van der Waals surface area contributed by atoms with E-state index in [4.69, 9.17) is 4.74 Å². The Morgan fingerprint density at radius 1 is 1.03 bits per heavy atom. The summed E-state index contributed by atoms with van der Waals surface area (Å²) in [6, 6.07) is 26.6. The minimum Gasteiger partial charge on any atom is -0.497 e. The first-order valence-corrected chi connectivity index (χ1v) is 12.7. The third-order valence-electron chi connectivity index (χ3n) is 8.52. The molecule has 1 saturated heterocycles. The van der Waals surface area contributed by atoms with Crippen molar-refractivity contribution in [2.75, 3.05) is 26.7 Å². The molecule has 0 bridgehead atoms. The Bertz CT molecular complexity index is 1310. The summed E-state index contributed by atoms with van der Waals surface area (Å²) in [6.07, 6.45) is 4.53. The van der Waals surface area contributed by atoms with Crippen LogP contribution in [0, 0.1) is 12.8 Å². The summed E-state index contributed by atoms with van der Waals surface area (Å²) in [6.45, 7) is 5.66. The van der Waals surface area contributed by atoms with Crippen LogP contribution in [0.5, 0.6) is 5.75 Å². The van der Waals surface area contributed by atoms with Crippen LogP contribution in [0.15, 0.2) is 72.8 Å². The summed E-state index contributed by atoms with van der Waals surface area (Å²) in [4.78, 5) is 6.56. The predicted octanol–water partition coefficient (Wildman–Crippen LogP) is 6.09. The van der Waals surface area contributed by atoms with E-state index in [0.29, 0.717) is 5.92 Å². The Labute approximate surface area is 202 Å². The first kappa shape index (κ1) is 21.5. The second kappa shape index (κ2) is 8.63. The van der Waals surface area contributed by atoms with Crippen LogP contribution >= 0.6 is 0 Å². The number of methoxy groups -OCH3 is 1. The van der Waals surface area contributed by atoms with Crippen molar-refractivity contribution in [1.29, 1.82) is 0 Å². The average Bonchev–Trinajstić information content (AvgIpc) is 3.25. The molecule has 1 aromatic heterocycles. The zero-order valence-electron chi connectivity index (χ0n) is 20.3. The molecule has 3 heteroatoms. The molecule has 0 radical (unpaired) electrons. The van der Waals surface area contributed by atoms with E-state index in [9.17, 15) is 0 Å². The molecule has 2 heterocycles. The summed E-state index contributed by atoms with van der Waals surface area (Å²) in [7, 11) is 1.78. The van der Waals surface area contributed by atoms with Crippen LogP contribution in [-0.4, -0.2) is 36.6 Å². The highest BCUT2D eigenvalue weighted by Crippen LogP contribution is 2.49. The number of piperidine rings is 1. The van der Waals surface area contributed by atoms with Gasteiger partial charge < -0.3 is 14.6 Å². The average molecular weight is 451 g/mol. The molecule has 1 N–H and O–H groups in total. The van der Waals surface area contributed by atoms with Crippen molar-refractivity contribution in [3.63, 3.8) is 0 Å². The summed E-state index contributed by atoms with van der Waals surface area (Å²) >= 11 is 0. The highest BCUT2D eigenvalue weighted by molar-refractivity contribution is 5.87. The molecule has 4 aromatic rings. The van der Waals surface area contributed by atoms with Crippen molar-refractivity contribution in [1.82, 2.24) is 9.88 Å². The topological polar surface area (TPSA) is 28.3 Å². The third kappa shape index (κ3) is 3.63. The number of hydrogen-bond donors (Lipinski definition) is 1. The van der Waals surface area contributed by atoms with Gasteiger partial charge in [-0.15, -0.1) is 0 Å². The molecule has 1 aliphatic heterocycles. The highest BCUT2D eigenvalue weighted by Gasteiger charge is 2.48. The Morgan fingerprint density at radius 2 is 1.88 bits per heavy atom. The molecule has 174 valence electrons. The first-order chi connectivity index (χ1) is 16.7. The fourth-order valence-electron chi connectivity index (χ4n) is 6.60. The van der Waals surface area contributed by atoms with Crippen molar-refractivity contribution in [3.8, 4) is 5.75 Å². The number of aromatic amines is 1. The van der Waals surface area contributed by atoms with Crippen LogP contribution in [0.1, 0.15) is 34.4 Å². The van der Waals surface area contributed by atoms with Crippen LogP contribution in [0.25, 0.3) is 10.9 Å². The Kier molecular flexibility index (Phi) is 5.45. The van der Waals surface area contributed by atoms with Crippen LogP contribution < -0.4 is 4.74 Å². The van der Waals surface area contributed by atoms with Gasteiger partial charge in [-0.05, 0) is 79.5 Å². The highest BCUT2D eigenvalue weighted by atomic mass is 16.5. The lowest BCUT2D eigenvalue weighted by molar-refractivity contribution is 0.0822. The van der Waals surface area contributed by atoms with Crippen LogP contribution in [-0.2, 0) is 24.7 Å². The standard InChI is InChI=1S/C31H34N2O/c1-22-8-6-13-27-28-19-25-21-33(16-14-23-9-4-3-5-10-23)17-15-31(25,20-29(28)32-30(22)27)24-11-7-12-26(18-24)34-2/h3-13,18,25,32H,14-17,19-21H2,1-2H3. The summed E-state index contributed by atoms with van der Waals surface area (Å²) in [5, 5.41) is 1.43. The van der Waals surface area contributed by atoms with Gasteiger partial charge in [-0.2, -0.15) is 0 Å². The van der Waals surface area contributed by atoms with E-state index in [1.807, 2.05) is 0 Å². The van der Waals surface area contributed by atoms with Gasteiger partial charge in [-0.1, -0.05) is 60.7 Å². The summed E-state index contributed by atoms with van der Waals surface area (Å²) in [5.74, 6) is 1.56. The number of aryl methyl sites for hydroxylation is 1. The molecule has 34 heavy (non-hydrogen) atoms. The van der Waals surface area contributed by atoms with E-state index in [-0.39, 0.29) is 5.41 Å². The minimum atomic E-state index is 0.152. The number of rotatable bonds is 5. The van der Waals surface area contributed by atoms with Gasteiger partial charge in [0.15, 0.2) is 0 Å². The number of H-pyrrole nitrogens is 1. The third-order valence-corrected chi connectivity index (χ3v) is 8.52. The van der Waals surface area contributed by atoms with Gasteiger partial charge in [0.25, 0.3) is 0 Å². The van der Waals surface area contributed by atoms with Crippen LogP contribution in [0.4, 0.5) is 0 Å². The number of nitrogens with zero attached hydrogens (tertiary/aromatic N) is 1. The molecule has 3 aromatic carbocycles. The molecule has 0 spiro atoms. The van der Waals surface area contributed by atoms with E-state index in [2.05, 4.69) is 89.6 Å². The van der Waals surface area contributed by atoms with E-state index < -0.39 is 0 Å². The molecular weight excluding hydrogens is 416 g/mol. The number of para-hydroxylation sites is 1. The van der Waals surface area contributed by atoms with Crippen molar-refractivity contribution >= 4 is 10.9 Å². The smallest absolute Gasteiger partial charge is 0.119 e. The molecule has 1 fully saturated rings. The van der Waals surface area contributed by atoms with Gasteiger partial charge in [0.1, 0.15) is 5.75 Å². The molecular formula is C31H34N2O. The maximum absolute atomic E-state index is 5.65. The first-order valence-electron chi connectivity index (χ1n) is 12.7. The summed E-state index contributed by atoms with van der Waals surface area (Å²) in [5.41, 5.74) is 8.70. The van der Waals surface area contributed by atoms with Gasteiger partial charge >= 0.3 is 0 Å². The number of benzene rings is 3. The Hall–Kier alpha value is -3.04. The second-order valence-electron chi connectivity index (χ2n) is 10.3.